The van der Waals surface area contributed by atoms with Crippen LogP contribution in [-0.2, 0) is 11.2 Å². The van der Waals surface area contributed by atoms with Gasteiger partial charge in [-0.25, -0.2) is 0 Å². The summed E-state index contributed by atoms with van der Waals surface area (Å²) in [5.74, 6) is 1.15. The van der Waals surface area contributed by atoms with Gasteiger partial charge in [0.15, 0.2) is 4.32 Å². The van der Waals surface area contributed by atoms with Crippen molar-refractivity contribution in [2.24, 2.45) is 0 Å². The largest absolute Gasteiger partial charge is 0.457 e. The van der Waals surface area contributed by atoms with Crippen LogP contribution in [0.25, 0.3) is 17.4 Å². The fraction of sp³-hybridized carbons (Fsp3) is 0.0909. The quantitative estimate of drug-likeness (QED) is 0.349. The predicted octanol–water partition coefficient (Wildman–Crippen LogP) is 6.57. The molecule has 1 saturated heterocycles. The normalized spacial score (nSPS) is 15.6. The van der Waals surface area contributed by atoms with Crippen molar-refractivity contribution in [2.45, 2.75) is 13.3 Å². The van der Waals surface area contributed by atoms with Crippen LogP contribution < -0.4 is 4.90 Å². The summed E-state index contributed by atoms with van der Waals surface area (Å²) in [7, 11) is 0. The number of aryl methyl sites for hydroxylation is 1. The Kier molecular flexibility index (Phi) is 5.40. The summed E-state index contributed by atoms with van der Waals surface area (Å²) in [5.41, 5.74) is 2.88. The Morgan fingerprint density at radius 3 is 2.64 bits per heavy atom. The standard InChI is InChI=1S/C22H16ClNO2S2/c1-2-14-6-8-17(9-7-14)24-21(25)20(28-22(24)27)13-18-10-11-19(26-18)15-4-3-5-16(23)12-15/h3-13H,2H2,1H3/b20-13+. The Morgan fingerprint density at radius 2 is 1.93 bits per heavy atom. The molecule has 2 heterocycles. The monoisotopic (exact) mass is 425 g/mol. The number of benzene rings is 2. The van der Waals surface area contributed by atoms with Crippen LogP contribution in [0.15, 0.2) is 70.0 Å². The second-order valence-corrected chi connectivity index (χ2v) is 8.36. The number of carbonyl (C=O) groups is 1. The van der Waals surface area contributed by atoms with Crippen molar-refractivity contribution >= 4 is 57.6 Å². The van der Waals surface area contributed by atoms with Crippen molar-refractivity contribution in [1.29, 1.82) is 0 Å². The topological polar surface area (TPSA) is 33.5 Å². The van der Waals surface area contributed by atoms with Gasteiger partial charge in [-0.15, -0.1) is 0 Å². The van der Waals surface area contributed by atoms with E-state index in [0.717, 1.165) is 17.7 Å². The number of carbonyl (C=O) groups excluding carboxylic acids is 1. The average molecular weight is 426 g/mol. The molecule has 140 valence electrons. The van der Waals surface area contributed by atoms with Gasteiger partial charge >= 0.3 is 0 Å². The fourth-order valence-corrected chi connectivity index (χ4v) is 4.40. The third kappa shape index (κ3) is 3.78. The molecule has 0 bridgehead atoms. The highest BCUT2D eigenvalue weighted by Gasteiger charge is 2.33. The number of thiocarbonyl (C=S) groups is 1. The zero-order chi connectivity index (χ0) is 19.7. The molecule has 3 nitrogen and oxygen atoms in total. The van der Waals surface area contributed by atoms with Crippen LogP contribution in [0.3, 0.4) is 0 Å². The first-order valence-electron chi connectivity index (χ1n) is 8.78. The molecule has 3 aromatic rings. The minimum absolute atomic E-state index is 0.139. The number of anilines is 1. The molecule has 1 amide bonds. The van der Waals surface area contributed by atoms with Gasteiger partial charge in [-0.2, -0.15) is 0 Å². The SMILES string of the molecule is CCc1ccc(N2C(=O)/C(=C\c3ccc(-c4cccc(Cl)c4)o3)SC2=S)cc1. The maximum absolute atomic E-state index is 12.9. The minimum Gasteiger partial charge on any atom is -0.457 e. The maximum atomic E-state index is 12.9. The Hall–Kier alpha value is -2.34. The molecule has 2 aromatic carbocycles. The molecule has 0 atom stereocenters. The second-order valence-electron chi connectivity index (χ2n) is 6.25. The lowest BCUT2D eigenvalue weighted by atomic mass is 10.1. The number of thioether (sulfide) groups is 1. The molecule has 1 fully saturated rings. The van der Waals surface area contributed by atoms with Crippen LogP contribution in [0, 0.1) is 0 Å². The van der Waals surface area contributed by atoms with E-state index < -0.39 is 0 Å². The number of halogens is 1. The Bertz CT molecular complexity index is 1090. The average Bonchev–Trinajstić information content (AvgIpc) is 3.27. The number of hydrogen-bond donors (Lipinski definition) is 0. The van der Waals surface area contributed by atoms with Crippen molar-refractivity contribution in [3.8, 4) is 11.3 Å². The first kappa shape index (κ1) is 19.0. The van der Waals surface area contributed by atoms with Crippen molar-refractivity contribution < 1.29 is 9.21 Å². The summed E-state index contributed by atoms with van der Waals surface area (Å²) in [6, 6.07) is 19.0. The van der Waals surface area contributed by atoms with Gasteiger partial charge in [-0.05, 0) is 48.4 Å². The minimum atomic E-state index is -0.139. The molecule has 4 rings (SSSR count). The van der Waals surface area contributed by atoms with Crippen LogP contribution >= 0.6 is 35.6 Å². The van der Waals surface area contributed by atoms with Crippen LogP contribution in [0.2, 0.25) is 5.02 Å². The highest BCUT2D eigenvalue weighted by atomic mass is 35.5. The summed E-state index contributed by atoms with van der Waals surface area (Å²) in [4.78, 5) is 15.0. The van der Waals surface area contributed by atoms with Crippen molar-refractivity contribution in [3.05, 3.63) is 81.9 Å². The van der Waals surface area contributed by atoms with Gasteiger partial charge in [0.1, 0.15) is 11.5 Å². The predicted molar refractivity (Wildman–Crippen MR) is 121 cm³/mol. The lowest BCUT2D eigenvalue weighted by Gasteiger charge is -2.14. The van der Waals surface area contributed by atoms with Crippen LogP contribution in [-0.4, -0.2) is 10.2 Å². The van der Waals surface area contributed by atoms with Crippen molar-refractivity contribution in [1.82, 2.24) is 0 Å². The first-order chi connectivity index (χ1) is 13.5. The Labute approximate surface area is 178 Å². The molecule has 1 aliphatic rings. The molecule has 1 aromatic heterocycles. The summed E-state index contributed by atoms with van der Waals surface area (Å²) in [6.07, 6.45) is 2.68. The zero-order valence-electron chi connectivity index (χ0n) is 15.0. The summed E-state index contributed by atoms with van der Waals surface area (Å²) < 4.78 is 6.39. The van der Waals surface area contributed by atoms with E-state index in [2.05, 4.69) is 6.92 Å². The van der Waals surface area contributed by atoms with Crippen LogP contribution in [0.5, 0.6) is 0 Å². The fourth-order valence-electron chi connectivity index (χ4n) is 2.93. The van der Waals surface area contributed by atoms with E-state index in [1.165, 1.54) is 17.3 Å². The van der Waals surface area contributed by atoms with E-state index in [1.54, 1.807) is 11.0 Å². The third-order valence-electron chi connectivity index (χ3n) is 4.41. The third-order valence-corrected chi connectivity index (χ3v) is 5.94. The molecule has 1 aliphatic heterocycles. The molecule has 28 heavy (non-hydrogen) atoms. The van der Waals surface area contributed by atoms with E-state index in [0.29, 0.717) is 25.8 Å². The van der Waals surface area contributed by atoms with E-state index in [9.17, 15) is 4.79 Å². The first-order valence-corrected chi connectivity index (χ1v) is 10.4. The number of rotatable bonds is 4. The van der Waals surface area contributed by atoms with Gasteiger partial charge in [0.2, 0.25) is 0 Å². The molecule has 0 unspecified atom stereocenters. The number of nitrogens with zero attached hydrogens (tertiary/aromatic N) is 1. The number of furan rings is 1. The second kappa shape index (κ2) is 7.95. The summed E-state index contributed by atoms with van der Waals surface area (Å²) in [6.45, 7) is 2.10. The molecule has 0 spiro atoms. The Morgan fingerprint density at radius 1 is 1.14 bits per heavy atom. The van der Waals surface area contributed by atoms with Gasteiger partial charge in [-0.1, -0.05) is 66.8 Å². The smallest absolute Gasteiger partial charge is 0.270 e. The van der Waals surface area contributed by atoms with Crippen molar-refractivity contribution in [3.63, 3.8) is 0 Å². The van der Waals surface area contributed by atoms with Gasteiger partial charge < -0.3 is 4.42 Å². The van der Waals surface area contributed by atoms with Crippen LogP contribution in [0.4, 0.5) is 5.69 Å². The lowest BCUT2D eigenvalue weighted by Crippen LogP contribution is -2.27. The highest BCUT2D eigenvalue weighted by molar-refractivity contribution is 8.27. The molecule has 6 heteroatoms. The number of amides is 1. The van der Waals surface area contributed by atoms with Crippen LogP contribution in [0.1, 0.15) is 18.2 Å². The molecule has 0 radical (unpaired) electrons. The lowest BCUT2D eigenvalue weighted by molar-refractivity contribution is -0.113. The van der Waals surface area contributed by atoms with Gasteiger partial charge in [-0.3, -0.25) is 9.69 Å². The Balaban J connectivity index is 1.59. The maximum Gasteiger partial charge on any atom is 0.270 e. The molecule has 0 saturated carbocycles. The molecule has 0 aliphatic carbocycles. The molecule has 0 N–H and O–H groups in total. The van der Waals surface area contributed by atoms with Crippen molar-refractivity contribution in [2.75, 3.05) is 4.90 Å². The number of hydrogen-bond acceptors (Lipinski definition) is 4. The zero-order valence-corrected chi connectivity index (χ0v) is 17.4. The van der Waals surface area contributed by atoms with E-state index in [-0.39, 0.29) is 5.91 Å². The summed E-state index contributed by atoms with van der Waals surface area (Å²) >= 11 is 12.8. The van der Waals surface area contributed by atoms with Gasteiger partial charge in [0.25, 0.3) is 5.91 Å². The summed E-state index contributed by atoms with van der Waals surface area (Å²) in [5, 5.41) is 0.644. The molecular formula is C22H16ClNO2S2. The van der Waals surface area contributed by atoms with E-state index in [1.807, 2.05) is 60.7 Å². The highest BCUT2D eigenvalue weighted by Crippen LogP contribution is 2.36. The molecular weight excluding hydrogens is 410 g/mol. The van der Waals surface area contributed by atoms with Gasteiger partial charge in [0.05, 0.1) is 10.6 Å². The van der Waals surface area contributed by atoms with E-state index in [4.69, 9.17) is 28.2 Å². The van der Waals surface area contributed by atoms with Gasteiger partial charge in [0, 0.05) is 16.7 Å². The van der Waals surface area contributed by atoms with E-state index >= 15 is 0 Å².